The molecule has 0 amide bonds. The average Bonchev–Trinajstić information content (AvgIpc) is 2.54. The van der Waals surface area contributed by atoms with Crippen molar-refractivity contribution in [2.75, 3.05) is 0 Å². The molecule has 4 aliphatic rings. The van der Waals surface area contributed by atoms with Gasteiger partial charge < -0.3 is 0 Å². The molecule has 5 unspecified atom stereocenters. The van der Waals surface area contributed by atoms with Crippen LogP contribution in [0.3, 0.4) is 0 Å². The minimum absolute atomic E-state index is 0.996. The highest BCUT2D eigenvalue weighted by Crippen LogP contribution is 2.81. The summed E-state index contributed by atoms with van der Waals surface area (Å²) in [6.45, 7) is 0. The summed E-state index contributed by atoms with van der Waals surface area (Å²) in [4.78, 5) is 0. The van der Waals surface area contributed by atoms with Gasteiger partial charge in [-0.25, -0.2) is 0 Å². The lowest BCUT2D eigenvalue weighted by Gasteiger charge is -2.38. The fraction of sp³-hybridized carbons (Fsp3) is 1.00. The van der Waals surface area contributed by atoms with E-state index >= 15 is 0 Å². The zero-order chi connectivity index (χ0) is 7.05. The molecule has 0 aromatic rings. The van der Waals surface area contributed by atoms with Crippen LogP contribution in [0.4, 0.5) is 0 Å². The predicted molar refractivity (Wildman–Crippen MR) is 44.1 cm³/mol. The zero-order valence-electron chi connectivity index (χ0n) is 7.05. The Balaban J connectivity index is 1.79. The van der Waals surface area contributed by atoms with E-state index in [1.165, 1.54) is 23.7 Å². The number of fused-ring (bicyclic) bond motifs is 3. The second-order valence-electron chi connectivity index (χ2n) is 5.45. The smallest absolute Gasteiger partial charge is 0.0232 e. The summed E-state index contributed by atoms with van der Waals surface area (Å²) in [7, 11) is 0. The molecular weight excluding hydrogens is 132 g/mol. The number of rotatable bonds is 0. The van der Waals surface area contributed by atoms with Crippen LogP contribution in [-0.4, -0.2) is 0 Å². The van der Waals surface area contributed by atoms with Crippen LogP contribution in [0.15, 0.2) is 0 Å². The standard InChI is InChI=1S/C11H16/c1-2-7-8(3-1)10-6-11(10)5-4-9(7)11/h7-10H,1-6H2. The predicted octanol–water partition coefficient (Wildman–Crippen LogP) is 2.83. The third-order valence-corrected chi connectivity index (χ3v) is 5.50. The quantitative estimate of drug-likeness (QED) is 0.495. The first kappa shape index (κ1) is 5.61. The van der Waals surface area contributed by atoms with Gasteiger partial charge in [0, 0.05) is 0 Å². The minimum atomic E-state index is 0.996. The van der Waals surface area contributed by atoms with E-state index < -0.39 is 0 Å². The summed E-state index contributed by atoms with van der Waals surface area (Å²) in [6, 6.07) is 0. The molecule has 4 aliphatic carbocycles. The van der Waals surface area contributed by atoms with Gasteiger partial charge >= 0.3 is 0 Å². The molecule has 4 fully saturated rings. The van der Waals surface area contributed by atoms with E-state index in [4.69, 9.17) is 0 Å². The highest BCUT2D eigenvalue weighted by atomic mass is 14.8. The van der Waals surface area contributed by atoms with E-state index in [2.05, 4.69) is 0 Å². The summed E-state index contributed by atoms with van der Waals surface area (Å²) in [6.07, 6.45) is 9.66. The van der Waals surface area contributed by atoms with Crippen LogP contribution in [0.1, 0.15) is 38.5 Å². The van der Waals surface area contributed by atoms with Crippen LogP contribution in [-0.2, 0) is 0 Å². The maximum absolute atomic E-state index is 1.65. The van der Waals surface area contributed by atoms with Crippen LogP contribution in [0, 0.1) is 29.1 Å². The molecule has 0 heterocycles. The van der Waals surface area contributed by atoms with Crippen molar-refractivity contribution in [2.45, 2.75) is 38.5 Å². The highest BCUT2D eigenvalue weighted by Gasteiger charge is 2.74. The van der Waals surface area contributed by atoms with Gasteiger partial charge in [-0.2, -0.15) is 0 Å². The van der Waals surface area contributed by atoms with Gasteiger partial charge in [0.05, 0.1) is 0 Å². The number of hydrogen-bond acceptors (Lipinski definition) is 0. The fourth-order valence-corrected chi connectivity index (χ4v) is 4.98. The molecule has 0 aromatic carbocycles. The van der Waals surface area contributed by atoms with Crippen molar-refractivity contribution in [2.24, 2.45) is 29.1 Å². The van der Waals surface area contributed by atoms with Crippen LogP contribution >= 0.6 is 0 Å². The summed E-state index contributed by atoms with van der Waals surface area (Å²) in [5.74, 6) is 4.93. The van der Waals surface area contributed by atoms with Gasteiger partial charge in [0.25, 0.3) is 0 Å². The molecule has 0 bridgehead atoms. The lowest BCUT2D eigenvalue weighted by molar-refractivity contribution is 0.113. The van der Waals surface area contributed by atoms with E-state index in [1.807, 2.05) is 0 Å². The highest BCUT2D eigenvalue weighted by molar-refractivity contribution is 5.22. The molecular formula is C11H16. The molecule has 0 aliphatic heterocycles. The summed E-state index contributed by atoms with van der Waals surface area (Å²) in [5, 5.41) is 0. The molecule has 0 radical (unpaired) electrons. The molecule has 1 spiro atoms. The first-order chi connectivity index (χ1) is 5.42. The summed E-state index contributed by atoms with van der Waals surface area (Å²) >= 11 is 0. The Morgan fingerprint density at radius 2 is 1.73 bits per heavy atom. The Bertz CT molecular complexity index is 213. The van der Waals surface area contributed by atoms with Crippen molar-refractivity contribution in [1.29, 1.82) is 0 Å². The molecule has 0 N–H and O–H groups in total. The van der Waals surface area contributed by atoms with E-state index in [0.717, 1.165) is 5.41 Å². The second kappa shape index (κ2) is 1.41. The molecule has 60 valence electrons. The number of hydrogen-bond donors (Lipinski definition) is 0. The monoisotopic (exact) mass is 148 g/mol. The molecule has 4 saturated carbocycles. The Morgan fingerprint density at radius 3 is 2.45 bits per heavy atom. The van der Waals surface area contributed by atoms with Crippen LogP contribution < -0.4 is 0 Å². The molecule has 4 rings (SSSR count). The van der Waals surface area contributed by atoms with Gasteiger partial charge in [0.2, 0.25) is 0 Å². The van der Waals surface area contributed by atoms with E-state index in [1.54, 1.807) is 38.5 Å². The summed E-state index contributed by atoms with van der Waals surface area (Å²) in [5.41, 5.74) is 0.996. The Morgan fingerprint density at radius 1 is 0.909 bits per heavy atom. The van der Waals surface area contributed by atoms with Gasteiger partial charge in [-0.15, -0.1) is 0 Å². The molecule has 0 saturated heterocycles. The second-order valence-corrected chi connectivity index (χ2v) is 5.45. The van der Waals surface area contributed by atoms with Crippen LogP contribution in [0.2, 0.25) is 0 Å². The van der Waals surface area contributed by atoms with Gasteiger partial charge in [0.1, 0.15) is 0 Å². The largest absolute Gasteiger partial charge is 0.0527 e. The molecule has 11 heavy (non-hydrogen) atoms. The lowest BCUT2D eigenvalue weighted by atomic mass is 9.67. The van der Waals surface area contributed by atoms with Gasteiger partial charge in [-0.1, -0.05) is 6.42 Å². The van der Waals surface area contributed by atoms with Crippen LogP contribution in [0.5, 0.6) is 0 Å². The molecule has 0 nitrogen and oxygen atoms in total. The van der Waals surface area contributed by atoms with Crippen molar-refractivity contribution in [3.63, 3.8) is 0 Å². The zero-order valence-corrected chi connectivity index (χ0v) is 7.05. The molecule has 0 heteroatoms. The van der Waals surface area contributed by atoms with E-state index in [9.17, 15) is 0 Å². The topological polar surface area (TPSA) is 0 Å². The fourth-order valence-electron chi connectivity index (χ4n) is 4.98. The maximum atomic E-state index is 1.65. The Labute approximate surface area is 68.4 Å². The van der Waals surface area contributed by atoms with E-state index in [-0.39, 0.29) is 0 Å². The van der Waals surface area contributed by atoms with Crippen molar-refractivity contribution in [1.82, 2.24) is 0 Å². The van der Waals surface area contributed by atoms with Gasteiger partial charge in [-0.05, 0) is 61.2 Å². The van der Waals surface area contributed by atoms with Crippen molar-refractivity contribution in [3.05, 3.63) is 0 Å². The van der Waals surface area contributed by atoms with Crippen molar-refractivity contribution in [3.8, 4) is 0 Å². The van der Waals surface area contributed by atoms with Gasteiger partial charge in [0.15, 0.2) is 0 Å². The average molecular weight is 148 g/mol. The SMILES string of the molecule is C1CC2C(C1)C1CC13CCC23. The van der Waals surface area contributed by atoms with Crippen LogP contribution in [0.25, 0.3) is 0 Å². The first-order valence-electron chi connectivity index (χ1n) is 5.42. The first-order valence-corrected chi connectivity index (χ1v) is 5.42. The van der Waals surface area contributed by atoms with Gasteiger partial charge in [-0.3, -0.25) is 0 Å². The summed E-state index contributed by atoms with van der Waals surface area (Å²) < 4.78 is 0. The van der Waals surface area contributed by atoms with E-state index in [0.29, 0.717) is 0 Å². The third-order valence-electron chi connectivity index (χ3n) is 5.50. The third kappa shape index (κ3) is 0.421. The lowest BCUT2D eigenvalue weighted by Crippen LogP contribution is -2.30. The molecule has 0 aromatic heterocycles. The Kier molecular flexibility index (Phi) is 0.717. The minimum Gasteiger partial charge on any atom is -0.0527 e. The Hall–Kier alpha value is 0. The van der Waals surface area contributed by atoms with Crippen molar-refractivity contribution >= 4 is 0 Å². The normalized spacial score (nSPS) is 69.8. The maximum Gasteiger partial charge on any atom is -0.0232 e. The molecule has 5 atom stereocenters. The van der Waals surface area contributed by atoms with Crippen molar-refractivity contribution < 1.29 is 0 Å².